The van der Waals surface area contributed by atoms with Gasteiger partial charge in [0.15, 0.2) is 0 Å². The van der Waals surface area contributed by atoms with Crippen molar-refractivity contribution in [2.45, 2.75) is 83.0 Å². The van der Waals surface area contributed by atoms with Gasteiger partial charge < -0.3 is 19.5 Å². The van der Waals surface area contributed by atoms with Crippen molar-refractivity contribution in [3.63, 3.8) is 0 Å². The fraction of sp³-hybridized carbons (Fsp3) is 0.517. The van der Waals surface area contributed by atoms with Gasteiger partial charge in [-0.1, -0.05) is 0 Å². The fourth-order valence-corrected chi connectivity index (χ4v) is 5.50. The van der Waals surface area contributed by atoms with Gasteiger partial charge in [-0.15, -0.1) is 13.2 Å². The maximum absolute atomic E-state index is 13.4. The maximum Gasteiger partial charge on any atom is 0.573 e. The third-order valence-electron chi connectivity index (χ3n) is 7.69. The molecular formula is C29H29F9N2O5. The number of carbonyl (C=O) groups excluding carboxylic acids is 2. The molecule has 2 aromatic rings. The number of alkyl halides is 9. The molecule has 1 saturated carbocycles. The quantitative estimate of drug-likeness (QED) is 0.228. The molecule has 4 rings (SSSR count). The summed E-state index contributed by atoms with van der Waals surface area (Å²) >= 11 is 0. The van der Waals surface area contributed by atoms with Crippen LogP contribution in [-0.2, 0) is 33.2 Å². The van der Waals surface area contributed by atoms with E-state index in [1.165, 1.54) is 19.9 Å². The number of carbonyl (C=O) groups is 2. The van der Waals surface area contributed by atoms with Crippen LogP contribution in [0.2, 0.25) is 0 Å². The molecule has 1 aliphatic heterocycles. The highest BCUT2D eigenvalue weighted by atomic mass is 19.4. The minimum Gasteiger partial charge on any atom is -0.463 e. The van der Waals surface area contributed by atoms with Crippen molar-refractivity contribution < 1.29 is 63.3 Å². The van der Waals surface area contributed by atoms with Crippen LogP contribution in [0.4, 0.5) is 50.0 Å². The Morgan fingerprint density at radius 3 is 2.07 bits per heavy atom. The second-order valence-corrected chi connectivity index (χ2v) is 11.0. The first-order valence-corrected chi connectivity index (χ1v) is 13.9. The number of halogens is 9. The highest BCUT2D eigenvalue weighted by Crippen LogP contribution is 2.41. The molecule has 7 nitrogen and oxygen atoms in total. The lowest BCUT2D eigenvalue weighted by Gasteiger charge is -2.29. The molecule has 2 aliphatic rings. The Balaban J connectivity index is 1.56. The number of hydrogen-bond donors (Lipinski definition) is 1. The summed E-state index contributed by atoms with van der Waals surface area (Å²) in [6, 6.07) is 3.18. The van der Waals surface area contributed by atoms with Crippen molar-refractivity contribution in [1.82, 2.24) is 4.90 Å². The number of nitrogens with one attached hydrogen (secondary N) is 1. The van der Waals surface area contributed by atoms with Crippen LogP contribution in [0.3, 0.4) is 0 Å². The highest BCUT2D eigenvalue weighted by Gasteiger charge is 2.43. The van der Waals surface area contributed by atoms with Crippen LogP contribution < -0.4 is 10.1 Å². The molecule has 0 aromatic heterocycles. The summed E-state index contributed by atoms with van der Waals surface area (Å²) in [5.41, 5.74) is -3.25. The van der Waals surface area contributed by atoms with Crippen LogP contribution >= 0.6 is 0 Å². The Hall–Kier alpha value is -3.85. The number of amides is 1. The van der Waals surface area contributed by atoms with Crippen LogP contribution in [0.1, 0.15) is 67.9 Å². The smallest absolute Gasteiger partial charge is 0.463 e. The highest BCUT2D eigenvalue weighted by molar-refractivity contribution is 5.72. The largest absolute Gasteiger partial charge is 0.573 e. The summed E-state index contributed by atoms with van der Waals surface area (Å²) in [5.74, 6) is -0.859. The molecule has 2 fully saturated rings. The predicted octanol–water partition coefficient (Wildman–Crippen LogP) is 8.24. The van der Waals surface area contributed by atoms with Crippen LogP contribution in [0.5, 0.6) is 5.75 Å². The van der Waals surface area contributed by atoms with Crippen molar-refractivity contribution in [3.8, 4) is 5.75 Å². The van der Waals surface area contributed by atoms with E-state index in [0.29, 0.717) is 50.0 Å². The first kappa shape index (κ1) is 34.0. The molecule has 16 heteroatoms. The van der Waals surface area contributed by atoms with Crippen molar-refractivity contribution in [3.05, 3.63) is 58.7 Å². The Morgan fingerprint density at radius 1 is 0.933 bits per heavy atom. The summed E-state index contributed by atoms with van der Waals surface area (Å²) in [4.78, 5) is 25.1. The average Bonchev–Trinajstić information content (AvgIpc) is 3.19. The minimum atomic E-state index is -5.12. The molecule has 0 bridgehead atoms. The Labute approximate surface area is 251 Å². The number of anilines is 1. The molecule has 1 N–H and O–H groups in total. The standard InChI is InChI=1S/C29H29F9N2O5/c1-15-25(18-9-20(27(30,31)32)12-21(10-18)28(33,34)35)44-26(42)40(15)14-19-11-23(45-29(36,37)38)7-8-24(19)39-13-17-3-5-22(6-4-17)43-16(2)41/h7-12,15,17,22,25,39H,3-6,13-14H2,1-2H3/t15-,17-,22-,25-/m0/s1. The van der Waals surface area contributed by atoms with Crippen LogP contribution in [0.25, 0.3) is 0 Å². The molecule has 1 aliphatic carbocycles. The molecule has 1 amide bonds. The lowest BCUT2D eigenvalue weighted by molar-refractivity contribution is -0.274. The van der Waals surface area contributed by atoms with Crippen LogP contribution in [0, 0.1) is 5.92 Å². The Morgan fingerprint density at radius 2 is 1.53 bits per heavy atom. The molecule has 1 saturated heterocycles. The fourth-order valence-electron chi connectivity index (χ4n) is 5.50. The molecule has 0 radical (unpaired) electrons. The van der Waals surface area contributed by atoms with Gasteiger partial charge in [0.05, 0.1) is 23.7 Å². The van der Waals surface area contributed by atoms with Crippen LogP contribution in [-0.4, -0.2) is 42.0 Å². The second-order valence-electron chi connectivity index (χ2n) is 11.0. The first-order chi connectivity index (χ1) is 20.8. The zero-order chi connectivity index (χ0) is 33.3. The third kappa shape index (κ3) is 8.87. The van der Waals surface area contributed by atoms with E-state index in [4.69, 9.17) is 9.47 Å². The molecular weight excluding hydrogens is 627 g/mol. The lowest BCUT2D eigenvalue weighted by atomic mass is 9.87. The van der Waals surface area contributed by atoms with Crippen molar-refractivity contribution in [2.24, 2.45) is 5.92 Å². The van der Waals surface area contributed by atoms with Gasteiger partial charge in [-0.2, -0.15) is 26.3 Å². The SMILES string of the molecule is CC(=O)O[C@H]1CC[C@H](CNc2ccc(OC(F)(F)F)cc2CN2C(=O)O[C@H](c3cc(C(F)(F)F)cc(C(F)(F)F)c3)[C@@H]2C)CC1. The molecule has 0 spiro atoms. The topological polar surface area (TPSA) is 77.1 Å². The number of esters is 1. The van der Waals surface area contributed by atoms with Gasteiger partial charge >= 0.3 is 30.8 Å². The third-order valence-corrected chi connectivity index (χ3v) is 7.69. The van der Waals surface area contributed by atoms with E-state index < -0.39 is 65.9 Å². The first-order valence-electron chi connectivity index (χ1n) is 13.9. The number of hydrogen-bond acceptors (Lipinski definition) is 6. The molecule has 45 heavy (non-hydrogen) atoms. The van der Waals surface area contributed by atoms with Gasteiger partial charge in [0.25, 0.3) is 0 Å². The van der Waals surface area contributed by atoms with Gasteiger partial charge in [-0.05, 0) is 86.1 Å². The van der Waals surface area contributed by atoms with Gasteiger partial charge in [-0.3, -0.25) is 9.69 Å². The van der Waals surface area contributed by atoms with Crippen LogP contribution in [0.15, 0.2) is 36.4 Å². The molecule has 0 unspecified atom stereocenters. The van der Waals surface area contributed by atoms with E-state index in [9.17, 15) is 49.1 Å². The minimum absolute atomic E-state index is 0.0460. The number of nitrogens with zero attached hydrogens (tertiary/aromatic N) is 1. The van der Waals surface area contributed by atoms with Gasteiger partial charge in [-0.25, -0.2) is 4.79 Å². The summed E-state index contributed by atoms with van der Waals surface area (Å²) in [6.45, 7) is 2.64. The van der Waals surface area contributed by atoms with Gasteiger partial charge in [0, 0.05) is 19.2 Å². The normalized spacial score (nSPS) is 22.6. The van der Waals surface area contributed by atoms with Gasteiger partial charge in [0.2, 0.25) is 0 Å². The summed E-state index contributed by atoms with van der Waals surface area (Å²) < 4.78 is 134. The number of rotatable bonds is 8. The lowest BCUT2D eigenvalue weighted by Crippen LogP contribution is -2.32. The molecule has 248 valence electrons. The van der Waals surface area contributed by atoms with E-state index in [1.807, 2.05) is 0 Å². The van der Waals surface area contributed by atoms with Gasteiger partial charge in [0.1, 0.15) is 18.0 Å². The average molecular weight is 657 g/mol. The van der Waals surface area contributed by atoms with E-state index in [-0.39, 0.29) is 29.6 Å². The predicted molar refractivity (Wildman–Crippen MR) is 140 cm³/mol. The molecule has 1 heterocycles. The Bertz CT molecular complexity index is 1350. The van der Waals surface area contributed by atoms with E-state index in [2.05, 4.69) is 10.1 Å². The van der Waals surface area contributed by atoms with E-state index in [1.54, 1.807) is 0 Å². The monoisotopic (exact) mass is 656 g/mol. The van der Waals surface area contributed by atoms with Crippen molar-refractivity contribution >= 4 is 17.7 Å². The number of cyclic esters (lactones) is 1. The number of ether oxygens (including phenoxy) is 3. The van der Waals surface area contributed by atoms with E-state index in [0.717, 1.165) is 17.0 Å². The summed E-state index contributed by atoms with van der Waals surface area (Å²) in [6.07, 6.45) is -15.5. The van der Waals surface area contributed by atoms with E-state index >= 15 is 0 Å². The number of benzene rings is 2. The van der Waals surface area contributed by atoms with Crippen molar-refractivity contribution in [1.29, 1.82) is 0 Å². The maximum atomic E-state index is 13.4. The summed E-state index contributed by atoms with van der Waals surface area (Å²) in [5, 5.41) is 3.15. The zero-order valence-corrected chi connectivity index (χ0v) is 23.9. The second kappa shape index (κ2) is 12.9. The molecule has 2 atom stereocenters. The zero-order valence-electron chi connectivity index (χ0n) is 23.9. The molecule has 2 aromatic carbocycles. The summed E-state index contributed by atoms with van der Waals surface area (Å²) in [7, 11) is 0. The van der Waals surface area contributed by atoms with Crippen molar-refractivity contribution in [2.75, 3.05) is 11.9 Å². The Kier molecular flexibility index (Phi) is 9.73.